The Hall–Kier alpha value is -3.47. The fraction of sp³-hybridized carbons (Fsp3) is 0.316. The Morgan fingerprint density at radius 1 is 1.20 bits per heavy atom. The van der Waals surface area contributed by atoms with Crippen molar-refractivity contribution in [1.82, 2.24) is 34.3 Å². The van der Waals surface area contributed by atoms with Crippen LogP contribution in [0.4, 0.5) is 5.82 Å². The zero-order valence-corrected chi connectivity index (χ0v) is 17.6. The van der Waals surface area contributed by atoms with Gasteiger partial charge in [0.05, 0.1) is 28.9 Å². The van der Waals surface area contributed by atoms with Crippen LogP contribution in [0.1, 0.15) is 35.6 Å². The zero-order chi connectivity index (χ0) is 21.2. The van der Waals surface area contributed by atoms with E-state index in [1.165, 1.54) is 6.07 Å². The summed E-state index contributed by atoms with van der Waals surface area (Å²) >= 11 is 1.57. The molecule has 0 radical (unpaired) electrons. The van der Waals surface area contributed by atoms with Gasteiger partial charge in [0.15, 0.2) is 11.5 Å². The Labute approximate surface area is 174 Å². The molecule has 0 amide bonds. The molecule has 0 saturated heterocycles. The first-order valence-electron chi connectivity index (χ1n) is 9.42. The molecule has 0 aliphatic carbocycles. The summed E-state index contributed by atoms with van der Waals surface area (Å²) < 4.78 is 4.26. The van der Waals surface area contributed by atoms with E-state index in [0.29, 0.717) is 12.4 Å². The Bertz CT molecular complexity index is 1460. The van der Waals surface area contributed by atoms with Crippen molar-refractivity contribution in [2.24, 2.45) is 0 Å². The molecule has 10 nitrogen and oxygen atoms in total. The van der Waals surface area contributed by atoms with Gasteiger partial charge >= 0.3 is 5.82 Å². The van der Waals surface area contributed by atoms with Crippen LogP contribution < -0.4 is 0 Å². The summed E-state index contributed by atoms with van der Waals surface area (Å²) in [5, 5.41) is 20.7. The lowest BCUT2D eigenvalue weighted by Gasteiger charge is -2.05. The number of thiophene rings is 1. The Morgan fingerprint density at radius 3 is 2.73 bits per heavy atom. The van der Waals surface area contributed by atoms with E-state index >= 15 is 0 Å². The Morgan fingerprint density at radius 2 is 2.00 bits per heavy atom. The molecule has 152 valence electrons. The van der Waals surface area contributed by atoms with Crippen LogP contribution in [-0.2, 0) is 6.54 Å². The number of pyridine rings is 1. The van der Waals surface area contributed by atoms with E-state index in [2.05, 4.69) is 33.2 Å². The van der Waals surface area contributed by atoms with Gasteiger partial charge in [-0.25, -0.2) is 19.5 Å². The minimum atomic E-state index is -0.487. The molecule has 30 heavy (non-hydrogen) atoms. The maximum Gasteiger partial charge on any atom is 0.390 e. The van der Waals surface area contributed by atoms with Crippen LogP contribution in [0.2, 0.25) is 0 Å². The summed E-state index contributed by atoms with van der Waals surface area (Å²) in [6.07, 6.45) is 1.68. The quantitative estimate of drug-likeness (QED) is 0.320. The van der Waals surface area contributed by atoms with Gasteiger partial charge in [0, 0.05) is 17.0 Å². The standard InChI is InChI=1S/C19H18N8O2S/c1-9-5-11(3)21-19-14(9)15-16(30-19)18-22-17(24-26(18)8-20-15)10(2)7-25-12(4)6-13(23-25)27(28)29/h5-6,8,10H,7H2,1-4H3. The lowest BCUT2D eigenvalue weighted by atomic mass is 10.1. The van der Waals surface area contributed by atoms with Crippen LogP contribution in [-0.4, -0.2) is 39.3 Å². The largest absolute Gasteiger partial charge is 0.390 e. The summed E-state index contributed by atoms with van der Waals surface area (Å²) in [5.74, 6) is 0.395. The van der Waals surface area contributed by atoms with Gasteiger partial charge in [-0.1, -0.05) is 6.92 Å². The fourth-order valence-electron chi connectivity index (χ4n) is 3.70. The summed E-state index contributed by atoms with van der Waals surface area (Å²) in [6, 6.07) is 3.52. The molecule has 0 saturated carbocycles. The molecule has 0 N–H and O–H groups in total. The predicted octanol–water partition coefficient (Wildman–Crippen LogP) is 3.72. The average molecular weight is 422 g/mol. The number of aromatic nitrogens is 7. The highest BCUT2D eigenvalue weighted by atomic mass is 32.1. The molecule has 0 fully saturated rings. The van der Waals surface area contributed by atoms with E-state index in [1.54, 1.807) is 33.8 Å². The van der Waals surface area contributed by atoms with Crippen LogP contribution in [0.25, 0.3) is 26.1 Å². The highest BCUT2D eigenvalue weighted by Gasteiger charge is 2.22. The van der Waals surface area contributed by atoms with Crippen molar-refractivity contribution in [3.8, 4) is 0 Å². The number of rotatable bonds is 4. The average Bonchev–Trinajstić information content (AvgIpc) is 3.36. The molecule has 0 aromatic carbocycles. The third kappa shape index (κ3) is 2.81. The number of hydrogen-bond donors (Lipinski definition) is 0. The summed E-state index contributed by atoms with van der Waals surface area (Å²) in [4.78, 5) is 25.5. The lowest BCUT2D eigenvalue weighted by molar-refractivity contribution is -0.389. The number of nitrogens with zero attached hydrogens (tertiary/aromatic N) is 8. The van der Waals surface area contributed by atoms with Crippen molar-refractivity contribution in [3.05, 3.63) is 51.4 Å². The van der Waals surface area contributed by atoms with Gasteiger partial charge in [-0.05, 0) is 37.3 Å². The summed E-state index contributed by atoms with van der Waals surface area (Å²) in [6.45, 7) is 8.27. The lowest BCUT2D eigenvalue weighted by Crippen LogP contribution is -2.11. The van der Waals surface area contributed by atoms with Crippen molar-refractivity contribution in [2.45, 2.75) is 40.2 Å². The maximum absolute atomic E-state index is 11.0. The van der Waals surface area contributed by atoms with Crippen molar-refractivity contribution < 1.29 is 4.92 Å². The molecule has 0 aliphatic heterocycles. The number of nitro groups is 1. The molecule has 0 spiro atoms. The maximum atomic E-state index is 11.0. The molecule has 11 heteroatoms. The number of aryl methyl sites for hydroxylation is 3. The van der Waals surface area contributed by atoms with Gasteiger partial charge < -0.3 is 10.1 Å². The van der Waals surface area contributed by atoms with Gasteiger partial charge in [0.25, 0.3) is 0 Å². The highest BCUT2D eigenvalue weighted by Crippen LogP contribution is 2.35. The molecular formula is C19H18N8O2S. The van der Waals surface area contributed by atoms with Crippen molar-refractivity contribution in [3.63, 3.8) is 0 Å². The van der Waals surface area contributed by atoms with E-state index in [9.17, 15) is 10.1 Å². The van der Waals surface area contributed by atoms with E-state index in [-0.39, 0.29) is 11.7 Å². The molecule has 1 atom stereocenters. The number of fused-ring (bicyclic) bond motifs is 5. The van der Waals surface area contributed by atoms with Crippen molar-refractivity contribution >= 4 is 43.2 Å². The molecule has 0 aliphatic rings. The predicted molar refractivity (Wildman–Crippen MR) is 113 cm³/mol. The van der Waals surface area contributed by atoms with E-state index in [4.69, 9.17) is 4.98 Å². The number of hydrogen-bond acceptors (Lipinski definition) is 8. The van der Waals surface area contributed by atoms with Gasteiger partial charge in [-0.2, -0.15) is 4.68 Å². The fourth-order valence-corrected chi connectivity index (χ4v) is 4.93. The Balaban J connectivity index is 1.58. The van der Waals surface area contributed by atoms with Gasteiger partial charge in [0.1, 0.15) is 15.9 Å². The summed E-state index contributed by atoms with van der Waals surface area (Å²) in [7, 11) is 0. The molecule has 1 unspecified atom stereocenters. The second-order valence-corrected chi connectivity index (χ2v) is 8.51. The first-order chi connectivity index (χ1) is 14.3. The summed E-state index contributed by atoms with van der Waals surface area (Å²) in [5.41, 5.74) is 4.47. The first kappa shape index (κ1) is 18.6. The van der Waals surface area contributed by atoms with Crippen LogP contribution in [0.15, 0.2) is 18.5 Å². The smallest absolute Gasteiger partial charge is 0.358 e. The van der Waals surface area contributed by atoms with Crippen LogP contribution in [0.3, 0.4) is 0 Å². The monoisotopic (exact) mass is 422 g/mol. The minimum Gasteiger partial charge on any atom is -0.358 e. The SMILES string of the molecule is Cc1cc(C)c2c(n1)sc1c2ncn2nc(C(C)Cn3nc([N+](=O)[O-])cc3C)nc12. The molecule has 5 aromatic rings. The third-order valence-electron chi connectivity index (χ3n) is 5.15. The zero-order valence-electron chi connectivity index (χ0n) is 16.8. The molecule has 5 aromatic heterocycles. The van der Waals surface area contributed by atoms with Crippen molar-refractivity contribution in [1.29, 1.82) is 0 Å². The normalized spacial score (nSPS) is 12.9. The van der Waals surface area contributed by atoms with E-state index < -0.39 is 4.92 Å². The molecular weight excluding hydrogens is 404 g/mol. The van der Waals surface area contributed by atoms with Gasteiger partial charge in [0.2, 0.25) is 0 Å². The van der Waals surface area contributed by atoms with Crippen LogP contribution in [0, 0.1) is 30.9 Å². The van der Waals surface area contributed by atoms with Gasteiger partial charge in [-0.3, -0.25) is 0 Å². The molecule has 0 bridgehead atoms. The first-order valence-corrected chi connectivity index (χ1v) is 10.2. The highest BCUT2D eigenvalue weighted by molar-refractivity contribution is 7.26. The van der Waals surface area contributed by atoms with E-state index in [0.717, 1.165) is 43.0 Å². The second-order valence-electron chi connectivity index (χ2n) is 7.51. The second kappa shape index (κ2) is 6.52. The molecule has 5 rings (SSSR count). The van der Waals surface area contributed by atoms with Gasteiger partial charge in [-0.15, -0.1) is 16.4 Å². The van der Waals surface area contributed by atoms with Crippen molar-refractivity contribution in [2.75, 3.05) is 0 Å². The Kier molecular flexibility index (Phi) is 4.03. The van der Waals surface area contributed by atoms with E-state index in [1.807, 2.05) is 13.8 Å². The topological polar surface area (TPSA) is 117 Å². The molecule has 5 heterocycles. The van der Waals surface area contributed by atoms with Crippen LogP contribution in [0.5, 0.6) is 0 Å². The third-order valence-corrected chi connectivity index (χ3v) is 6.22. The van der Waals surface area contributed by atoms with Crippen LogP contribution >= 0.6 is 11.3 Å². The minimum absolute atomic E-state index is 0.0883.